The molecule has 3 rings (SSSR count). The number of Topliss-reactive ketones (excluding diaryl/α,β-unsaturated/α-hetero) is 1. The summed E-state index contributed by atoms with van der Waals surface area (Å²) in [6.07, 6.45) is 4.77. The van der Waals surface area contributed by atoms with Crippen molar-refractivity contribution in [3.63, 3.8) is 0 Å². The first kappa shape index (κ1) is 21.0. The summed E-state index contributed by atoms with van der Waals surface area (Å²) in [5.41, 5.74) is 0.163. The van der Waals surface area contributed by atoms with Gasteiger partial charge in [0.25, 0.3) is 0 Å². The second-order valence-electron chi connectivity index (χ2n) is 6.85. The quantitative estimate of drug-likeness (QED) is 0.612. The average Bonchev–Trinajstić information content (AvgIpc) is 2.62. The van der Waals surface area contributed by atoms with Gasteiger partial charge in [0.15, 0.2) is 0 Å². The van der Waals surface area contributed by atoms with E-state index in [0.717, 1.165) is 19.3 Å². The molecule has 1 aromatic carbocycles. The number of hydrogen-bond donors (Lipinski definition) is 1. The molecule has 1 aliphatic carbocycles. The van der Waals surface area contributed by atoms with Gasteiger partial charge in [-0.1, -0.05) is 53.4 Å². The zero-order valence-corrected chi connectivity index (χ0v) is 17.6. The summed E-state index contributed by atoms with van der Waals surface area (Å²) in [7, 11) is 0. The van der Waals surface area contributed by atoms with Crippen LogP contribution in [0.1, 0.15) is 37.0 Å². The van der Waals surface area contributed by atoms with Crippen molar-refractivity contribution < 1.29 is 9.21 Å². The summed E-state index contributed by atoms with van der Waals surface area (Å²) in [6, 6.07) is 8.38. The molecule has 1 saturated carbocycles. The lowest BCUT2D eigenvalue weighted by atomic mass is 9.82. The van der Waals surface area contributed by atoms with Crippen molar-refractivity contribution in [1.82, 2.24) is 0 Å². The molecule has 7 heteroatoms. The fourth-order valence-electron chi connectivity index (χ4n) is 3.43. The summed E-state index contributed by atoms with van der Waals surface area (Å²) in [4.78, 5) is 24.8. The third kappa shape index (κ3) is 4.80. The molecule has 148 valence electrons. The van der Waals surface area contributed by atoms with E-state index in [-0.39, 0.29) is 27.3 Å². The monoisotopic (exact) mass is 439 g/mol. The van der Waals surface area contributed by atoms with E-state index in [1.54, 1.807) is 19.1 Å². The second kappa shape index (κ2) is 9.17. The van der Waals surface area contributed by atoms with Crippen LogP contribution in [0.25, 0.3) is 5.03 Å². The molecular weight excluding hydrogens is 421 g/mol. The molecule has 2 aromatic rings. The van der Waals surface area contributed by atoms with Crippen LogP contribution in [0.3, 0.4) is 0 Å². The van der Waals surface area contributed by atoms with E-state index in [9.17, 15) is 9.59 Å². The van der Waals surface area contributed by atoms with E-state index in [0.29, 0.717) is 22.9 Å². The van der Waals surface area contributed by atoms with E-state index in [2.05, 4.69) is 5.32 Å². The number of rotatable bonds is 5. The number of anilines is 1. The van der Waals surface area contributed by atoms with Gasteiger partial charge in [0, 0.05) is 12.3 Å². The lowest BCUT2D eigenvalue weighted by molar-refractivity contribution is -0.124. The molecule has 0 bridgehead atoms. The number of hydrogen-bond acceptors (Lipinski definition) is 4. The fraction of sp³-hybridized carbons (Fsp3) is 0.333. The van der Waals surface area contributed by atoms with Gasteiger partial charge < -0.3 is 9.73 Å². The highest BCUT2D eigenvalue weighted by atomic mass is 35.5. The van der Waals surface area contributed by atoms with Crippen molar-refractivity contribution in [3.8, 4) is 0 Å². The third-order valence-corrected chi connectivity index (χ3v) is 5.77. The Kier molecular flexibility index (Phi) is 6.86. The number of nitrogens with one attached hydrogen (secondary N) is 1. The maximum absolute atomic E-state index is 12.6. The van der Waals surface area contributed by atoms with Crippen LogP contribution < -0.4 is 10.9 Å². The minimum absolute atomic E-state index is 0.0863. The number of halogens is 3. The zero-order chi connectivity index (χ0) is 20.3. The maximum atomic E-state index is 12.6. The maximum Gasteiger partial charge on any atom is 0.346 e. The average molecular weight is 441 g/mol. The van der Waals surface area contributed by atoms with Crippen LogP contribution in [0.2, 0.25) is 10.0 Å². The van der Waals surface area contributed by atoms with Gasteiger partial charge in [-0.15, -0.1) is 0 Å². The third-order valence-electron chi connectivity index (χ3n) is 4.82. The van der Waals surface area contributed by atoms with E-state index in [4.69, 9.17) is 39.2 Å². The highest BCUT2D eigenvalue weighted by Crippen LogP contribution is 2.32. The predicted molar refractivity (Wildman–Crippen MR) is 114 cm³/mol. The number of carbonyl (C=O) groups is 1. The summed E-state index contributed by atoms with van der Waals surface area (Å²) >= 11 is 19.0. The molecule has 1 fully saturated rings. The van der Waals surface area contributed by atoms with Gasteiger partial charge in [-0.05, 0) is 44.0 Å². The van der Waals surface area contributed by atoms with Crippen LogP contribution in [-0.4, -0.2) is 11.8 Å². The molecular formula is C21H20Cl3NO3. The zero-order valence-electron chi connectivity index (χ0n) is 15.3. The Hall–Kier alpha value is -1.75. The van der Waals surface area contributed by atoms with Gasteiger partial charge in [0.05, 0.1) is 32.4 Å². The smallest absolute Gasteiger partial charge is 0.346 e. The molecule has 1 aliphatic rings. The predicted octanol–water partition coefficient (Wildman–Crippen LogP) is 6.07. The molecule has 1 aromatic heterocycles. The van der Waals surface area contributed by atoms with Crippen molar-refractivity contribution in [2.45, 2.75) is 38.6 Å². The molecule has 0 aliphatic heterocycles. The molecule has 0 amide bonds. The Balaban J connectivity index is 2.01. The Morgan fingerprint density at radius 1 is 1.21 bits per heavy atom. The number of carbonyl (C=O) groups excluding carboxylic acids is 1. The first-order valence-corrected chi connectivity index (χ1v) is 10.2. The normalized spacial score (nSPS) is 18.8. The lowest BCUT2D eigenvalue weighted by Gasteiger charge is -2.29. The SMILES string of the molecule is Cc1cc(Cl)c(/C(Cl)=C/[C@@H](Nc2ccccc2Cl)[C@H]2CCCCC2=O)c(=O)o1. The summed E-state index contributed by atoms with van der Waals surface area (Å²) in [6.45, 7) is 1.64. The Morgan fingerprint density at radius 3 is 2.64 bits per heavy atom. The largest absolute Gasteiger partial charge is 0.428 e. The summed E-state index contributed by atoms with van der Waals surface area (Å²) in [5, 5.41) is 4.19. The van der Waals surface area contributed by atoms with Crippen LogP contribution in [-0.2, 0) is 4.79 Å². The molecule has 0 saturated heterocycles. The highest BCUT2D eigenvalue weighted by Gasteiger charge is 2.30. The Labute approximate surface area is 178 Å². The van der Waals surface area contributed by atoms with Crippen LogP contribution in [0.5, 0.6) is 0 Å². The first-order chi connectivity index (χ1) is 13.4. The van der Waals surface area contributed by atoms with Gasteiger partial charge in [-0.2, -0.15) is 0 Å². The van der Waals surface area contributed by atoms with E-state index < -0.39 is 11.7 Å². The van der Waals surface area contributed by atoms with Crippen LogP contribution in [0, 0.1) is 12.8 Å². The van der Waals surface area contributed by atoms with Crippen molar-refractivity contribution in [1.29, 1.82) is 0 Å². The molecule has 4 nitrogen and oxygen atoms in total. The minimum atomic E-state index is -0.613. The Morgan fingerprint density at radius 2 is 1.96 bits per heavy atom. The van der Waals surface area contributed by atoms with Crippen molar-refractivity contribution >= 4 is 51.3 Å². The van der Waals surface area contributed by atoms with Gasteiger partial charge in [-0.3, -0.25) is 4.79 Å². The Bertz CT molecular complexity index is 968. The second-order valence-corrected chi connectivity index (χ2v) is 8.07. The topological polar surface area (TPSA) is 59.3 Å². The van der Waals surface area contributed by atoms with Gasteiger partial charge >= 0.3 is 5.63 Å². The molecule has 0 radical (unpaired) electrons. The number of ketones is 1. The van der Waals surface area contributed by atoms with E-state index >= 15 is 0 Å². The van der Waals surface area contributed by atoms with Crippen molar-refractivity contribution in [3.05, 3.63) is 68.2 Å². The van der Waals surface area contributed by atoms with Gasteiger partial charge in [0.1, 0.15) is 11.5 Å². The van der Waals surface area contributed by atoms with Gasteiger partial charge in [-0.25, -0.2) is 4.79 Å². The van der Waals surface area contributed by atoms with Crippen LogP contribution in [0.4, 0.5) is 5.69 Å². The standard InChI is InChI=1S/C21H20Cl3NO3/c1-12-10-15(23)20(21(27)28-12)16(24)11-18(13-6-2-5-9-19(13)26)25-17-8-4-3-7-14(17)22/h3-4,7-8,10-11,13,18,25H,2,5-6,9H2,1H3/b16-11-/t13-,18-/m1/s1. The molecule has 1 N–H and O–H groups in total. The molecule has 0 spiro atoms. The van der Waals surface area contributed by atoms with Crippen molar-refractivity contribution in [2.24, 2.45) is 5.92 Å². The van der Waals surface area contributed by atoms with Crippen molar-refractivity contribution in [2.75, 3.05) is 5.32 Å². The highest BCUT2D eigenvalue weighted by molar-refractivity contribution is 6.50. The van der Waals surface area contributed by atoms with Crippen LogP contribution >= 0.6 is 34.8 Å². The molecule has 28 heavy (non-hydrogen) atoms. The first-order valence-electron chi connectivity index (χ1n) is 9.08. The molecule has 1 heterocycles. The fourth-order valence-corrected chi connectivity index (χ4v) is 4.32. The minimum Gasteiger partial charge on any atom is -0.428 e. The van der Waals surface area contributed by atoms with Crippen LogP contribution in [0.15, 0.2) is 45.6 Å². The summed E-state index contributed by atoms with van der Waals surface area (Å²) in [5.74, 6) is 0.296. The number of para-hydroxylation sites is 1. The number of aryl methyl sites for hydroxylation is 1. The van der Waals surface area contributed by atoms with Gasteiger partial charge in [0.2, 0.25) is 0 Å². The van der Waals surface area contributed by atoms with E-state index in [1.807, 2.05) is 18.2 Å². The lowest BCUT2D eigenvalue weighted by Crippen LogP contribution is -2.35. The molecule has 0 unspecified atom stereocenters. The molecule has 2 atom stereocenters. The number of benzene rings is 1. The van der Waals surface area contributed by atoms with E-state index in [1.165, 1.54) is 6.07 Å². The summed E-state index contributed by atoms with van der Waals surface area (Å²) < 4.78 is 5.12.